The highest BCUT2D eigenvalue weighted by molar-refractivity contribution is 5.81. The van der Waals surface area contributed by atoms with E-state index in [4.69, 9.17) is 4.74 Å². The van der Waals surface area contributed by atoms with Gasteiger partial charge in [0, 0.05) is 11.3 Å². The molecule has 0 amide bonds. The predicted octanol–water partition coefficient (Wildman–Crippen LogP) is 4.88. The summed E-state index contributed by atoms with van der Waals surface area (Å²) in [4.78, 5) is 12.7. The molecule has 1 heterocycles. The number of fused-ring (bicyclic) bond motifs is 1. The van der Waals surface area contributed by atoms with Gasteiger partial charge < -0.3 is 4.74 Å². The maximum absolute atomic E-state index is 12.7. The van der Waals surface area contributed by atoms with E-state index in [1.165, 1.54) is 32.1 Å². The molecule has 2 bridgehead atoms. The van der Waals surface area contributed by atoms with Crippen molar-refractivity contribution in [2.24, 2.45) is 28.1 Å². The molecule has 4 fully saturated rings. The van der Waals surface area contributed by atoms with Crippen LogP contribution in [0.15, 0.2) is 12.7 Å². The van der Waals surface area contributed by atoms with Crippen molar-refractivity contribution in [3.8, 4) is 0 Å². The van der Waals surface area contributed by atoms with Crippen LogP contribution in [-0.4, -0.2) is 11.6 Å². The number of hydrogen-bond donors (Lipinski definition) is 0. The number of hydrogen-bond acceptors (Lipinski definition) is 2. The highest BCUT2D eigenvalue weighted by atomic mass is 16.6. The highest BCUT2D eigenvalue weighted by Gasteiger charge is 2.73. The maximum atomic E-state index is 12.7. The summed E-state index contributed by atoms with van der Waals surface area (Å²) in [5, 5.41) is 0. The highest BCUT2D eigenvalue weighted by Crippen LogP contribution is 2.71. The molecule has 0 aromatic heterocycles. The largest absolute Gasteiger partial charge is 0.458 e. The molecule has 3 saturated carbocycles. The number of carbonyl (C=O) groups is 1. The molecule has 0 N–H and O–H groups in total. The van der Waals surface area contributed by atoms with Crippen molar-refractivity contribution < 1.29 is 9.53 Å². The Labute approximate surface area is 134 Å². The summed E-state index contributed by atoms with van der Waals surface area (Å²) >= 11 is 0. The van der Waals surface area contributed by atoms with E-state index in [1.54, 1.807) is 0 Å². The number of ether oxygens (including phenoxy) is 1. The Kier molecular flexibility index (Phi) is 2.81. The Bertz CT molecular complexity index is 540. The number of carbonyl (C=O) groups excluding carboxylic acids is 1. The van der Waals surface area contributed by atoms with Crippen molar-refractivity contribution in [3.05, 3.63) is 12.7 Å². The Hall–Kier alpha value is -0.790. The van der Waals surface area contributed by atoms with Gasteiger partial charge in [-0.15, -0.1) is 6.58 Å². The average Bonchev–Trinajstić information content (AvgIpc) is 2.61. The fourth-order valence-corrected chi connectivity index (χ4v) is 6.75. The second-order valence-electron chi connectivity index (χ2n) is 9.36. The molecule has 22 heavy (non-hydrogen) atoms. The first-order valence-corrected chi connectivity index (χ1v) is 9.17. The van der Waals surface area contributed by atoms with Gasteiger partial charge in [0.1, 0.15) is 5.60 Å². The van der Waals surface area contributed by atoms with Crippen LogP contribution in [0, 0.1) is 28.1 Å². The molecule has 122 valence electrons. The molecule has 3 aliphatic carbocycles. The van der Waals surface area contributed by atoms with Gasteiger partial charge in [-0.3, -0.25) is 4.79 Å². The van der Waals surface area contributed by atoms with Gasteiger partial charge in [0.15, 0.2) is 0 Å². The van der Waals surface area contributed by atoms with Crippen molar-refractivity contribution in [1.82, 2.24) is 0 Å². The maximum Gasteiger partial charge on any atom is 0.312 e. The number of allylic oxidation sites excluding steroid dienone is 1. The fraction of sp³-hybridized carbons (Fsp3) is 0.850. The molecule has 0 aromatic carbocycles. The molecule has 6 atom stereocenters. The van der Waals surface area contributed by atoms with E-state index in [0.717, 1.165) is 19.3 Å². The molecule has 1 aliphatic heterocycles. The van der Waals surface area contributed by atoms with E-state index in [-0.39, 0.29) is 27.8 Å². The minimum absolute atomic E-state index is 0.105. The lowest BCUT2D eigenvalue weighted by Crippen LogP contribution is -2.62. The molecule has 0 spiro atoms. The van der Waals surface area contributed by atoms with Crippen LogP contribution in [0.3, 0.4) is 0 Å². The van der Waals surface area contributed by atoms with Crippen LogP contribution in [-0.2, 0) is 9.53 Å². The van der Waals surface area contributed by atoms with Crippen molar-refractivity contribution in [1.29, 1.82) is 0 Å². The van der Waals surface area contributed by atoms with Gasteiger partial charge in [0.2, 0.25) is 0 Å². The third-order valence-corrected chi connectivity index (χ3v) is 8.41. The quantitative estimate of drug-likeness (QED) is 0.509. The predicted molar refractivity (Wildman–Crippen MR) is 87.3 cm³/mol. The molecular formula is C20H30O2. The first kappa shape index (κ1) is 14.8. The number of rotatable bonds is 1. The van der Waals surface area contributed by atoms with Gasteiger partial charge in [-0.05, 0) is 69.6 Å². The molecule has 2 nitrogen and oxygen atoms in total. The zero-order chi connectivity index (χ0) is 15.8. The minimum atomic E-state index is -0.203. The fourth-order valence-electron chi connectivity index (χ4n) is 6.75. The summed E-state index contributed by atoms with van der Waals surface area (Å²) < 4.78 is 6.29. The van der Waals surface area contributed by atoms with Gasteiger partial charge >= 0.3 is 5.97 Å². The summed E-state index contributed by atoms with van der Waals surface area (Å²) in [7, 11) is 0. The second kappa shape index (κ2) is 4.19. The Balaban J connectivity index is 1.77. The molecule has 4 rings (SSSR count). The first-order valence-electron chi connectivity index (χ1n) is 9.17. The molecule has 0 aromatic rings. The third kappa shape index (κ3) is 1.50. The minimum Gasteiger partial charge on any atom is -0.458 e. The van der Waals surface area contributed by atoms with Crippen molar-refractivity contribution in [2.45, 2.75) is 77.7 Å². The zero-order valence-corrected chi connectivity index (χ0v) is 14.4. The normalized spacial score (nSPS) is 56.8. The van der Waals surface area contributed by atoms with Gasteiger partial charge in [0.25, 0.3) is 0 Å². The molecule has 0 radical (unpaired) electrons. The summed E-state index contributed by atoms with van der Waals surface area (Å²) in [6, 6.07) is 0. The topological polar surface area (TPSA) is 26.3 Å². The van der Waals surface area contributed by atoms with Crippen LogP contribution >= 0.6 is 0 Å². The summed E-state index contributed by atoms with van der Waals surface area (Å²) in [5.74, 6) is 1.23. The molecular weight excluding hydrogens is 272 g/mol. The molecule has 1 saturated heterocycles. The van der Waals surface area contributed by atoms with E-state index < -0.39 is 0 Å². The van der Waals surface area contributed by atoms with Crippen LogP contribution in [0.4, 0.5) is 0 Å². The lowest BCUT2D eigenvalue weighted by Gasteiger charge is -2.62. The average molecular weight is 302 g/mol. The standard InChI is InChI=1S/C20H30O2/c1-5-17(2)11-12-19(4)14(13-17)7-8-15-18(3)9-6-10-20(15,19)22-16(18)21/h5,14-15H,1,6-13H2,2-4H3/t14-,15+,17-,18+,19-,20-/m0/s1. The van der Waals surface area contributed by atoms with Gasteiger partial charge in [-0.1, -0.05) is 19.9 Å². The van der Waals surface area contributed by atoms with Crippen LogP contribution in [0.2, 0.25) is 0 Å². The lowest BCUT2D eigenvalue weighted by molar-refractivity contribution is -0.202. The first-order chi connectivity index (χ1) is 10.3. The van der Waals surface area contributed by atoms with Gasteiger partial charge in [-0.25, -0.2) is 0 Å². The lowest BCUT2D eigenvalue weighted by atomic mass is 9.42. The van der Waals surface area contributed by atoms with E-state index in [1.807, 2.05) is 0 Å². The number of esters is 1. The Morgan fingerprint density at radius 1 is 1.14 bits per heavy atom. The van der Waals surface area contributed by atoms with E-state index in [0.29, 0.717) is 11.8 Å². The molecule has 4 aliphatic rings. The SMILES string of the molecule is C=C[C@@]1(C)CC[C@@]2(C)[C@@H](CC[C@@H]3[C@@]4(C)CCC[C@]32OC4=O)C1. The monoisotopic (exact) mass is 302 g/mol. The van der Waals surface area contributed by atoms with E-state index in [9.17, 15) is 4.79 Å². The third-order valence-electron chi connectivity index (χ3n) is 8.41. The van der Waals surface area contributed by atoms with Crippen LogP contribution in [0.1, 0.15) is 72.1 Å². The van der Waals surface area contributed by atoms with Crippen molar-refractivity contribution in [3.63, 3.8) is 0 Å². The van der Waals surface area contributed by atoms with Crippen LogP contribution in [0.25, 0.3) is 0 Å². The Morgan fingerprint density at radius 2 is 1.91 bits per heavy atom. The van der Waals surface area contributed by atoms with Crippen molar-refractivity contribution >= 4 is 5.97 Å². The molecule has 2 heteroatoms. The van der Waals surface area contributed by atoms with Crippen LogP contribution in [0.5, 0.6) is 0 Å². The smallest absolute Gasteiger partial charge is 0.312 e. The summed E-state index contributed by atoms with van der Waals surface area (Å²) in [6.07, 6.45) is 11.5. The zero-order valence-electron chi connectivity index (χ0n) is 14.4. The second-order valence-corrected chi connectivity index (χ2v) is 9.36. The van der Waals surface area contributed by atoms with E-state index in [2.05, 4.69) is 33.4 Å². The van der Waals surface area contributed by atoms with E-state index >= 15 is 0 Å². The molecule has 0 unspecified atom stereocenters. The van der Waals surface area contributed by atoms with Gasteiger partial charge in [-0.2, -0.15) is 0 Å². The van der Waals surface area contributed by atoms with Crippen molar-refractivity contribution in [2.75, 3.05) is 0 Å². The summed E-state index contributed by atoms with van der Waals surface area (Å²) in [5.41, 5.74) is 0.0778. The summed E-state index contributed by atoms with van der Waals surface area (Å²) in [6.45, 7) is 11.1. The Morgan fingerprint density at radius 3 is 2.64 bits per heavy atom. The van der Waals surface area contributed by atoms with Crippen LogP contribution < -0.4 is 0 Å². The van der Waals surface area contributed by atoms with Gasteiger partial charge in [0.05, 0.1) is 5.41 Å².